The minimum absolute atomic E-state index is 0.0811. The molecule has 9 heteroatoms. The topological polar surface area (TPSA) is 62.3 Å². The molecule has 1 aromatic heterocycles. The van der Waals surface area contributed by atoms with Crippen LogP contribution >= 0.6 is 11.6 Å². The number of rotatable bonds is 4. The van der Waals surface area contributed by atoms with Crippen molar-refractivity contribution < 1.29 is 22.8 Å². The summed E-state index contributed by atoms with van der Waals surface area (Å²) < 4.78 is 39.9. The zero-order chi connectivity index (χ0) is 19.6. The van der Waals surface area contributed by atoms with Gasteiger partial charge >= 0.3 is 6.18 Å². The number of aromatic nitrogens is 1. The van der Waals surface area contributed by atoms with Crippen molar-refractivity contribution in [2.45, 2.75) is 19.1 Å². The van der Waals surface area contributed by atoms with Gasteiger partial charge in [0.1, 0.15) is 0 Å². The molecule has 27 heavy (non-hydrogen) atoms. The maximum atomic E-state index is 13.3. The van der Waals surface area contributed by atoms with E-state index in [4.69, 9.17) is 11.6 Å². The number of nitrogens with one attached hydrogen (secondary N) is 1. The number of nitrogens with zero attached hydrogens (tertiary/aromatic N) is 2. The Morgan fingerprint density at radius 3 is 2.74 bits per heavy atom. The highest BCUT2D eigenvalue weighted by atomic mass is 35.5. The van der Waals surface area contributed by atoms with Crippen molar-refractivity contribution in [1.82, 2.24) is 10.3 Å². The van der Waals surface area contributed by atoms with Gasteiger partial charge in [0.2, 0.25) is 11.8 Å². The van der Waals surface area contributed by atoms with E-state index in [1.807, 2.05) is 0 Å². The summed E-state index contributed by atoms with van der Waals surface area (Å²) >= 11 is 5.67. The lowest BCUT2D eigenvalue weighted by atomic mass is 10.1. The molecule has 0 saturated carbocycles. The zero-order valence-electron chi connectivity index (χ0n) is 14.0. The van der Waals surface area contributed by atoms with Gasteiger partial charge < -0.3 is 10.2 Å². The van der Waals surface area contributed by atoms with Gasteiger partial charge in [-0.15, -0.1) is 0 Å². The fraction of sp³-hybridized carbons (Fsp3) is 0.278. The van der Waals surface area contributed by atoms with Crippen molar-refractivity contribution in [2.75, 3.05) is 11.4 Å². The molecule has 1 aromatic carbocycles. The van der Waals surface area contributed by atoms with Crippen LogP contribution in [0.1, 0.15) is 17.7 Å². The van der Waals surface area contributed by atoms with Crippen molar-refractivity contribution in [1.29, 1.82) is 0 Å². The van der Waals surface area contributed by atoms with Crippen molar-refractivity contribution in [3.05, 3.63) is 58.9 Å². The number of hydrogen-bond acceptors (Lipinski definition) is 3. The molecule has 0 spiro atoms. The van der Waals surface area contributed by atoms with Crippen LogP contribution in [0.2, 0.25) is 5.02 Å². The smallest absolute Gasteiger partial charge is 0.350 e. The molecule has 2 aromatic rings. The fourth-order valence-electron chi connectivity index (χ4n) is 2.91. The summed E-state index contributed by atoms with van der Waals surface area (Å²) in [6, 6.07) is 8.46. The largest absolute Gasteiger partial charge is 0.418 e. The molecule has 2 amide bonds. The molecule has 1 unspecified atom stereocenters. The van der Waals surface area contributed by atoms with E-state index >= 15 is 0 Å². The van der Waals surface area contributed by atoms with E-state index in [1.54, 1.807) is 24.4 Å². The van der Waals surface area contributed by atoms with Gasteiger partial charge in [-0.1, -0.05) is 17.7 Å². The molecular weight excluding hydrogens is 383 g/mol. The second-order valence-electron chi connectivity index (χ2n) is 6.10. The Hall–Kier alpha value is -2.61. The third kappa shape index (κ3) is 4.39. The molecule has 0 aliphatic carbocycles. The van der Waals surface area contributed by atoms with Gasteiger partial charge in [0.25, 0.3) is 0 Å². The van der Waals surface area contributed by atoms with E-state index in [1.165, 1.54) is 6.07 Å². The van der Waals surface area contributed by atoms with Crippen LogP contribution in [0.25, 0.3) is 0 Å². The molecule has 1 atom stereocenters. The SMILES string of the molecule is O=C(NCc1ccccn1)C1CC(=O)N(c2ccc(Cl)cc2C(F)(F)F)C1. The number of carbonyl (C=O) groups is 2. The third-order valence-electron chi connectivity index (χ3n) is 4.22. The molecule has 2 heterocycles. The van der Waals surface area contributed by atoms with Crippen molar-refractivity contribution in [2.24, 2.45) is 5.92 Å². The lowest BCUT2D eigenvalue weighted by molar-refractivity contribution is -0.137. The van der Waals surface area contributed by atoms with Crippen molar-refractivity contribution in [3.8, 4) is 0 Å². The van der Waals surface area contributed by atoms with Crippen LogP contribution in [0, 0.1) is 5.92 Å². The van der Waals surface area contributed by atoms with Gasteiger partial charge in [-0.05, 0) is 30.3 Å². The number of carbonyl (C=O) groups excluding carboxylic acids is 2. The second-order valence-corrected chi connectivity index (χ2v) is 6.54. The summed E-state index contributed by atoms with van der Waals surface area (Å²) in [6.45, 7) is 0.0523. The monoisotopic (exact) mass is 397 g/mol. The van der Waals surface area contributed by atoms with E-state index in [2.05, 4.69) is 10.3 Å². The summed E-state index contributed by atoms with van der Waals surface area (Å²) in [6.07, 6.45) is -3.24. The van der Waals surface area contributed by atoms with E-state index in [9.17, 15) is 22.8 Å². The van der Waals surface area contributed by atoms with E-state index in [0.29, 0.717) is 5.69 Å². The Bertz CT molecular complexity index is 859. The first kappa shape index (κ1) is 19.2. The van der Waals surface area contributed by atoms with Gasteiger partial charge in [-0.25, -0.2) is 0 Å². The highest BCUT2D eigenvalue weighted by molar-refractivity contribution is 6.30. The lowest BCUT2D eigenvalue weighted by Crippen LogP contribution is -2.33. The van der Waals surface area contributed by atoms with Crippen LogP contribution in [-0.2, 0) is 22.3 Å². The number of alkyl halides is 3. The minimum Gasteiger partial charge on any atom is -0.350 e. The molecule has 3 rings (SSSR count). The Morgan fingerprint density at radius 1 is 1.30 bits per heavy atom. The Balaban J connectivity index is 1.73. The van der Waals surface area contributed by atoms with Crippen LogP contribution in [0.15, 0.2) is 42.6 Å². The Kier molecular flexibility index (Phi) is 5.36. The highest BCUT2D eigenvalue weighted by Crippen LogP contribution is 2.40. The number of amides is 2. The highest BCUT2D eigenvalue weighted by Gasteiger charge is 2.41. The first-order chi connectivity index (χ1) is 12.8. The zero-order valence-corrected chi connectivity index (χ0v) is 14.7. The van der Waals surface area contributed by atoms with Crippen LogP contribution in [0.4, 0.5) is 18.9 Å². The maximum absolute atomic E-state index is 13.3. The average Bonchev–Trinajstić information content (AvgIpc) is 3.01. The molecule has 1 aliphatic rings. The van der Waals surface area contributed by atoms with Gasteiger partial charge in [0, 0.05) is 24.2 Å². The molecule has 1 aliphatic heterocycles. The number of benzene rings is 1. The van der Waals surface area contributed by atoms with E-state index < -0.39 is 29.5 Å². The van der Waals surface area contributed by atoms with Gasteiger partial charge in [0.15, 0.2) is 0 Å². The first-order valence-corrected chi connectivity index (χ1v) is 8.48. The van der Waals surface area contributed by atoms with Crippen LogP contribution in [0.5, 0.6) is 0 Å². The summed E-state index contributed by atoms with van der Waals surface area (Å²) in [5, 5.41) is 2.58. The molecule has 142 valence electrons. The molecule has 5 nitrogen and oxygen atoms in total. The van der Waals surface area contributed by atoms with Crippen LogP contribution in [0.3, 0.4) is 0 Å². The maximum Gasteiger partial charge on any atom is 0.418 e. The summed E-state index contributed by atoms with van der Waals surface area (Å²) in [7, 11) is 0. The average molecular weight is 398 g/mol. The first-order valence-electron chi connectivity index (χ1n) is 8.10. The molecule has 0 radical (unpaired) electrons. The van der Waals surface area contributed by atoms with E-state index in [0.717, 1.165) is 17.0 Å². The Morgan fingerprint density at radius 2 is 2.07 bits per heavy atom. The van der Waals surface area contributed by atoms with Gasteiger partial charge in [-0.3, -0.25) is 14.6 Å². The number of halogens is 4. The summed E-state index contributed by atoms with van der Waals surface area (Å²) in [4.78, 5) is 29.6. The van der Waals surface area contributed by atoms with Crippen molar-refractivity contribution >= 4 is 29.1 Å². The number of pyridine rings is 1. The minimum atomic E-state index is -4.67. The van der Waals surface area contributed by atoms with E-state index in [-0.39, 0.29) is 30.2 Å². The normalized spacial score (nSPS) is 17.3. The molecule has 0 bridgehead atoms. The predicted octanol–water partition coefficient (Wildman–Crippen LogP) is 3.42. The fourth-order valence-corrected chi connectivity index (χ4v) is 3.08. The van der Waals surface area contributed by atoms with Crippen LogP contribution < -0.4 is 10.2 Å². The lowest BCUT2D eigenvalue weighted by Gasteiger charge is -2.22. The number of hydrogen-bond donors (Lipinski definition) is 1. The van der Waals surface area contributed by atoms with Crippen LogP contribution in [-0.4, -0.2) is 23.3 Å². The molecule has 1 N–H and O–H groups in total. The molecule has 1 fully saturated rings. The second kappa shape index (κ2) is 7.56. The summed E-state index contributed by atoms with van der Waals surface area (Å²) in [5.41, 5.74) is -0.654. The van der Waals surface area contributed by atoms with Gasteiger partial charge in [0.05, 0.1) is 29.4 Å². The predicted molar refractivity (Wildman–Crippen MR) is 93.0 cm³/mol. The standard InChI is InChI=1S/C18H15ClF3N3O2/c19-12-4-5-15(14(8-12)18(20,21)22)25-10-11(7-16(25)26)17(27)24-9-13-3-1-2-6-23-13/h1-6,8,11H,7,9-10H2,(H,24,27). The molecular formula is C18H15ClF3N3O2. The third-order valence-corrected chi connectivity index (χ3v) is 4.46. The number of anilines is 1. The Labute approximate surface area is 158 Å². The quantitative estimate of drug-likeness (QED) is 0.859. The molecule has 1 saturated heterocycles. The van der Waals surface area contributed by atoms with Gasteiger partial charge in [-0.2, -0.15) is 13.2 Å². The summed E-state index contributed by atoms with van der Waals surface area (Å²) in [5.74, 6) is -1.68. The van der Waals surface area contributed by atoms with Crippen molar-refractivity contribution in [3.63, 3.8) is 0 Å².